The van der Waals surface area contributed by atoms with E-state index in [4.69, 9.17) is 0 Å². The van der Waals surface area contributed by atoms with E-state index >= 15 is 0 Å². The highest BCUT2D eigenvalue weighted by Crippen LogP contribution is 2.51. The molecular weight excluding hydrogens is 579 g/mol. The molecule has 0 saturated heterocycles. The van der Waals surface area contributed by atoms with Crippen molar-refractivity contribution in [2.45, 2.75) is 37.4 Å². The zero-order chi connectivity index (χ0) is 31.4. The second kappa shape index (κ2) is 12.4. The molecule has 1 aliphatic carbocycles. The summed E-state index contributed by atoms with van der Waals surface area (Å²) in [5, 5.41) is 5.02. The van der Waals surface area contributed by atoms with Gasteiger partial charge in [-0.1, -0.05) is 72.8 Å². The molecule has 0 saturated carbocycles. The third kappa shape index (κ3) is 6.08. The molecule has 10 heteroatoms. The summed E-state index contributed by atoms with van der Waals surface area (Å²) in [5.74, 6) is -0.583. The first-order chi connectivity index (χ1) is 21.8. The van der Waals surface area contributed by atoms with Crippen molar-refractivity contribution in [3.63, 3.8) is 0 Å². The number of alkyl halides is 3. The lowest BCUT2D eigenvalue weighted by atomic mass is 9.73. The largest absolute Gasteiger partial charge is 0.405 e. The van der Waals surface area contributed by atoms with Crippen LogP contribution in [0.5, 0.6) is 0 Å². The van der Waals surface area contributed by atoms with Gasteiger partial charge in [-0.3, -0.25) is 14.6 Å². The first-order valence-electron chi connectivity index (χ1n) is 14.6. The average molecular weight is 610 g/mol. The van der Waals surface area contributed by atoms with Gasteiger partial charge in [-0.15, -0.1) is 0 Å². The van der Waals surface area contributed by atoms with Crippen molar-refractivity contribution in [2.75, 3.05) is 11.9 Å². The molecule has 3 aromatic carbocycles. The number of carbonyl (C=O) groups excluding carboxylic acids is 2. The first-order valence-corrected chi connectivity index (χ1v) is 14.6. The maximum Gasteiger partial charge on any atom is 0.405 e. The summed E-state index contributed by atoms with van der Waals surface area (Å²) in [5.41, 5.74) is 3.76. The standard InChI is InChI=1S/C35H30F3N5O2/c36-35(37,38)22-40-33(45)34(28-15-5-3-11-24(28)25-12-4-6-16-29(25)34)18-8-10-20-43-21-31(41-23-43)42-32(44)27-14-2-1-13-26(27)30-17-7-9-19-39-30/h1-7,9,11-17,19,21,23H,8,10,18,20,22H2,(H,40,45)(H,42,44). The highest BCUT2D eigenvalue weighted by atomic mass is 19.4. The smallest absolute Gasteiger partial charge is 0.346 e. The van der Waals surface area contributed by atoms with Gasteiger partial charge in [0.2, 0.25) is 5.91 Å². The maximum atomic E-state index is 13.7. The fourth-order valence-corrected chi connectivity index (χ4v) is 6.13. The van der Waals surface area contributed by atoms with Crippen LogP contribution in [-0.2, 0) is 16.8 Å². The SMILES string of the molecule is O=C(Nc1cn(CCCCC2(C(=O)NCC(F)(F)F)c3ccccc3-c3ccccc32)cn1)c1ccccc1-c1ccccn1. The minimum atomic E-state index is -4.52. The van der Waals surface area contributed by atoms with Gasteiger partial charge in [0.15, 0.2) is 5.82 Å². The lowest BCUT2D eigenvalue weighted by molar-refractivity contribution is -0.141. The second-order valence-corrected chi connectivity index (χ2v) is 11.0. The number of nitrogens with one attached hydrogen (secondary N) is 2. The zero-order valence-electron chi connectivity index (χ0n) is 24.2. The Morgan fingerprint density at radius 2 is 1.42 bits per heavy atom. The molecule has 0 spiro atoms. The summed E-state index contributed by atoms with van der Waals surface area (Å²) in [6, 6.07) is 27.6. The number of fused-ring (bicyclic) bond motifs is 3. The van der Waals surface area contributed by atoms with E-state index in [2.05, 4.69) is 20.6 Å². The van der Waals surface area contributed by atoms with E-state index in [0.29, 0.717) is 59.6 Å². The van der Waals surface area contributed by atoms with Gasteiger partial charge in [0, 0.05) is 30.1 Å². The molecule has 2 amide bonds. The molecule has 2 N–H and O–H groups in total. The van der Waals surface area contributed by atoms with Gasteiger partial charge < -0.3 is 15.2 Å². The molecule has 0 fully saturated rings. The van der Waals surface area contributed by atoms with Crippen molar-refractivity contribution in [1.82, 2.24) is 19.9 Å². The van der Waals surface area contributed by atoms with E-state index in [1.807, 2.05) is 83.4 Å². The third-order valence-corrected chi connectivity index (χ3v) is 8.11. The Balaban J connectivity index is 1.15. The molecule has 45 heavy (non-hydrogen) atoms. The highest BCUT2D eigenvalue weighted by Gasteiger charge is 2.49. The Labute approximate surface area is 258 Å². The Morgan fingerprint density at radius 3 is 2.09 bits per heavy atom. The number of anilines is 1. The number of unbranched alkanes of at least 4 members (excludes halogenated alkanes) is 1. The number of imidazole rings is 1. The topological polar surface area (TPSA) is 88.9 Å². The monoisotopic (exact) mass is 609 g/mol. The molecule has 2 aromatic heterocycles. The molecule has 6 rings (SSSR count). The van der Waals surface area contributed by atoms with E-state index in [9.17, 15) is 22.8 Å². The average Bonchev–Trinajstić information content (AvgIpc) is 3.62. The second-order valence-electron chi connectivity index (χ2n) is 11.0. The number of amides is 2. The molecule has 2 heterocycles. The number of halogens is 3. The maximum absolute atomic E-state index is 13.7. The van der Waals surface area contributed by atoms with Gasteiger partial charge in [0.25, 0.3) is 5.91 Å². The van der Waals surface area contributed by atoms with Crippen molar-refractivity contribution in [3.8, 4) is 22.4 Å². The number of hydrogen-bond donors (Lipinski definition) is 2. The van der Waals surface area contributed by atoms with Crippen molar-refractivity contribution in [1.29, 1.82) is 0 Å². The van der Waals surface area contributed by atoms with Crippen LogP contribution in [0.15, 0.2) is 110 Å². The van der Waals surface area contributed by atoms with Crippen LogP contribution in [0.2, 0.25) is 0 Å². The molecule has 228 valence electrons. The predicted molar refractivity (Wildman–Crippen MR) is 165 cm³/mol. The van der Waals surface area contributed by atoms with Crippen molar-refractivity contribution in [3.05, 3.63) is 126 Å². The molecule has 7 nitrogen and oxygen atoms in total. The van der Waals surface area contributed by atoms with Crippen LogP contribution in [0.1, 0.15) is 40.7 Å². The lowest BCUT2D eigenvalue weighted by Crippen LogP contribution is -2.47. The number of aromatic nitrogens is 3. The summed E-state index contributed by atoms with van der Waals surface area (Å²) < 4.78 is 41.3. The summed E-state index contributed by atoms with van der Waals surface area (Å²) >= 11 is 0. The summed E-state index contributed by atoms with van der Waals surface area (Å²) in [4.78, 5) is 35.5. The van der Waals surface area contributed by atoms with E-state index in [0.717, 1.165) is 11.1 Å². The van der Waals surface area contributed by atoms with Crippen molar-refractivity contribution in [2.24, 2.45) is 0 Å². The summed E-state index contributed by atoms with van der Waals surface area (Å²) in [6.07, 6.45) is 2.01. The molecule has 0 unspecified atom stereocenters. The van der Waals surface area contributed by atoms with Gasteiger partial charge in [0.05, 0.1) is 12.0 Å². The number of benzene rings is 3. The minimum Gasteiger partial charge on any atom is -0.346 e. The predicted octanol–water partition coefficient (Wildman–Crippen LogP) is 7.01. The Hall–Kier alpha value is -5.25. The zero-order valence-corrected chi connectivity index (χ0v) is 24.2. The van der Waals surface area contributed by atoms with Gasteiger partial charge in [-0.05, 0) is 59.7 Å². The fourth-order valence-electron chi connectivity index (χ4n) is 6.13. The molecule has 5 aromatic rings. The van der Waals surface area contributed by atoms with Crippen LogP contribution < -0.4 is 10.6 Å². The Bertz CT molecular complexity index is 1790. The number of pyridine rings is 1. The molecule has 0 bridgehead atoms. The van der Waals surface area contributed by atoms with Crippen LogP contribution in [0.4, 0.5) is 19.0 Å². The van der Waals surface area contributed by atoms with E-state index in [1.54, 1.807) is 30.9 Å². The van der Waals surface area contributed by atoms with Crippen LogP contribution >= 0.6 is 0 Å². The van der Waals surface area contributed by atoms with E-state index in [-0.39, 0.29) is 5.91 Å². The molecule has 1 aliphatic rings. The van der Waals surface area contributed by atoms with Gasteiger partial charge in [0.1, 0.15) is 12.0 Å². The fraction of sp³-hybridized carbons (Fsp3) is 0.200. The molecule has 0 atom stereocenters. The van der Waals surface area contributed by atoms with Crippen LogP contribution in [0.3, 0.4) is 0 Å². The van der Waals surface area contributed by atoms with Crippen molar-refractivity contribution < 1.29 is 22.8 Å². The third-order valence-electron chi connectivity index (χ3n) is 8.11. The van der Waals surface area contributed by atoms with Crippen molar-refractivity contribution >= 4 is 17.6 Å². The first kappa shape index (κ1) is 29.8. The Morgan fingerprint density at radius 1 is 0.778 bits per heavy atom. The van der Waals surface area contributed by atoms with Crippen LogP contribution in [-0.4, -0.2) is 39.1 Å². The number of hydrogen-bond acceptors (Lipinski definition) is 4. The number of carbonyl (C=O) groups is 2. The number of rotatable bonds is 10. The lowest BCUT2D eigenvalue weighted by Gasteiger charge is -2.31. The van der Waals surface area contributed by atoms with Crippen LogP contribution in [0, 0.1) is 0 Å². The number of aryl methyl sites for hydroxylation is 1. The molecular formula is C35H30F3N5O2. The summed E-state index contributed by atoms with van der Waals surface area (Å²) in [6.45, 7) is -0.856. The molecule has 0 radical (unpaired) electrons. The normalized spacial score (nSPS) is 13.1. The molecule has 0 aliphatic heterocycles. The van der Waals surface area contributed by atoms with Gasteiger partial charge in [-0.25, -0.2) is 4.98 Å². The highest BCUT2D eigenvalue weighted by molar-refractivity contribution is 6.08. The van der Waals surface area contributed by atoms with Gasteiger partial charge >= 0.3 is 6.18 Å². The summed E-state index contributed by atoms with van der Waals surface area (Å²) in [7, 11) is 0. The van der Waals surface area contributed by atoms with E-state index < -0.39 is 24.0 Å². The quantitative estimate of drug-likeness (QED) is 0.167. The Kier molecular flexibility index (Phi) is 8.21. The minimum absolute atomic E-state index is 0.313. The van der Waals surface area contributed by atoms with Gasteiger partial charge in [-0.2, -0.15) is 13.2 Å². The number of nitrogens with zero attached hydrogens (tertiary/aromatic N) is 3. The van der Waals surface area contributed by atoms with E-state index in [1.165, 1.54) is 0 Å². The van der Waals surface area contributed by atoms with Crippen LogP contribution in [0.25, 0.3) is 22.4 Å².